The highest BCUT2D eigenvalue weighted by atomic mass is 16.6. The van der Waals surface area contributed by atoms with E-state index in [-0.39, 0.29) is 5.75 Å². The van der Waals surface area contributed by atoms with Gasteiger partial charge in [0.15, 0.2) is 0 Å². The number of ether oxygens (including phenoxy) is 1. The van der Waals surface area contributed by atoms with Crippen molar-refractivity contribution in [1.29, 1.82) is 0 Å². The van der Waals surface area contributed by atoms with Crippen LogP contribution >= 0.6 is 0 Å². The van der Waals surface area contributed by atoms with Gasteiger partial charge in [-0.1, -0.05) is 12.1 Å². The fraction of sp³-hybridized carbons (Fsp3) is 0.200. The van der Waals surface area contributed by atoms with E-state index in [1.165, 1.54) is 4.57 Å². The molecule has 0 bridgehead atoms. The van der Waals surface area contributed by atoms with Gasteiger partial charge < -0.3 is 9.84 Å². The number of phenolic OH excluding ortho intramolecular Hbond substituents is 1. The van der Waals surface area contributed by atoms with E-state index in [2.05, 4.69) is 4.98 Å². The van der Waals surface area contributed by atoms with E-state index in [4.69, 9.17) is 4.74 Å². The van der Waals surface area contributed by atoms with Crippen molar-refractivity contribution in [3.05, 3.63) is 61.1 Å². The Morgan fingerprint density at radius 3 is 2.52 bits per heavy atom. The van der Waals surface area contributed by atoms with E-state index in [1.54, 1.807) is 42.9 Å². The van der Waals surface area contributed by atoms with Crippen LogP contribution in [0, 0.1) is 0 Å². The Morgan fingerprint density at radius 2 is 1.80 bits per heavy atom. The van der Waals surface area contributed by atoms with E-state index in [9.17, 15) is 9.90 Å². The van der Waals surface area contributed by atoms with E-state index in [0.29, 0.717) is 5.69 Å². The number of benzene rings is 1. The molecule has 5 nitrogen and oxygen atoms in total. The minimum atomic E-state index is -0.569. The Hall–Kier alpha value is -3.08. The average Bonchev–Trinajstić information content (AvgIpc) is 3.03. The van der Waals surface area contributed by atoms with Crippen LogP contribution in [0.5, 0.6) is 5.75 Å². The van der Waals surface area contributed by atoms with Gasteiger partial charge in [-0.25, -0.2) is 4.79 Å². The Labute approximate surface area is 146 Å². The monoisotopic (exact) mass is 336 g/mol. The Morgan fingerprint density at radius 1 is 1.04 bits per heavy atom. The van der Waals surface area contributed by atoms with Gasteiger partial charge in [0.25, 0.3) is 0 Å². The number of rotatable bonds is 2. The number of hydrogen-bond acceptors (Lipinski definition) is 4. The molecule has 1 aromatic carbocycles. The van der Waals surface area contributed by atoms with Crippen molar-refractivity contribution in [2.45, 2.75) is 26.4 Å². The fourth-order valence-corrected chi connectivity index (χ4v) is 2.51. The second-order valence-electron chi connectivity index (χ2n) is 6.76. The third kappa shape index (κ3) is 3.88. The number of carbonyl (C=O) groups is 1. The molecule has 2 heterocycles. The first-order chi connectivity index (χ1) is 11.8. The molecule has 0 saturated heterocycles. The zero-order valence-corrected chi connectivity index (χ0v) is 14.4. The number of phenols is 1. The fourth-order valence-electron chi connectivity index (χ4n) is 2.51. The van der Waals surface area contributed by atoms with E-state index < -0.39 is 11.7 Å². The summed E-state index contributed by atoms with van der Waals surface area (Å²) in [6, 6.07) is 12.5. The molecule has 0 fully saturated rings. The molecule has 0 saturated carbocycles. The van der Waals surface area contributed by atoms with Gasteiger partial charge in [-0.15, -0.1) is 0 Å². The predicted octanol–water partition coefficient (Wildman–Crippen LogP) is 4.71. The summed E-state index contributed by atoms with van der Waals surface area (Å²) in [5.41, 5.74) is 2.62. The zero-order chi connectivity index (χ0) is 18.0. The lowest BCUT2D eigenvalue weighted by Gasteiger charge is -2.20. The molecular formula is C20H20N2O3. The average molecular weight is 336 g/mol. The van der Waals surface area contributed by atoms with Crippen LogP contribution in [0.1, 0.15) is 20.8 Å². The highest BCUT2D eigenvalue weighted by Crippen LogP contribution is 2.28. The van der Waals surface area contributed by atoms with Crippen molar-refractivity contribution >= 4 is 6.09 Å². The van der Waals surface area contributed by atoms with Gasteiger partial charge in [-0.3, -0.25) is 9.55 Å². The zero-order valence-electron chi connectivity index (χ0n) is 14.4. The third-order valence-electron chi connectivity index (χ3n) is 3.55. The smallest absolute Gasteiger partial charge is 0.418 e. The summed E-state index contributed by atoms with van der Waals surface area (Å²) < 4.78 is 6.91. The number of pyridine rings is 1. The Bertz CT molecular complexity index is 907. The summed E-state index contributed by atoms with van der Waals surface area (Å²) >= 11 is 0. The van der Waals surface area contributed by atoms with Crippen LogP contribution in [0.3, 0.4) is 0 Å². The largest absolute Gasteiger partial charge is 0.508 e. The van der Waals surface area contributed by atoms with Crippen LogP contribution in [0.15, 0.2) is 61.1 Å². The first-order valence-electron chi connectivity index (χ1n) is 7.99. The van der Waals surface area contributed by atoms with Gasteiger partial charge in [0.05, 0.1) is 5.69 Å². The van der Waals surface area contributed by atoms with Crippen molar-refractivity contribution in [3.8, 4) is 28.1 Å². The van der Waals surface area contributed by atoms with Crippen LogP contribution in [0.2, 0.25) is 0 Å². The van der Waals surface area contributed by atoms with Gasteiger partial charge in [0.1, 0.15) is 11.4 Å². The molecule has 0 atom stereocenters. The number of hydrogen-bond donors (Lipinski definition) is 1. The number of aromatic nitrogens is 2. The molecule has 0 aliphatic carbocycles. The molecule has 1 N–H and O–H groups in total. The van der Waals surface area contributed by atoms with Crippen molar-refractivity contribution in [2.24, 2.45) is 0 Å². The summed E-state index contributed by atoms with van der Waals surface area (Å²) in [5.74, 6) is 0.194. The second kappa shape index (κ2) is 6.43. The molecule has 5 heteroatoms. The summed E-state index contributed by atoms with van der Waals surface area (Å²) in [7, 11) is 0. The molecule has 3 aromatic rings. The van der Waals surface area contributed by atoms with E-state index in [0.717, 1.165) is 16.7 Å². The first-order valence-corrected chi connectivity index (χ1v) is 7.99. The van der Waals surface area contributed by atoms with Crippen LogP contribution in [-0.2, 0) is 4.74 Å². The number of carbonyl (C=O) groups excluding carboxylic acids is 1. The minimum Gasteiger partial charge on any atom is -0.508 e. The lowest BCUT2D eigenvalue weighted by atomic mass is 10.0. The maximum absolute atomic E-state index is 12.4. The quantitative estimate of drug-likeness (QED) is 0.736. The van der Waals surface area contributed by atoms with Crippen LogP contribution in [0.25, 0.3) is 22.4 Å². The molecule has 0 aliphatic heterocycles. The van der Waals surface area contributed by atoms with Crippen LogP contribution in [0.4, 0.5) is 4.79 Å². The SMILES string of the molecule is CC(C)(C)OC(=O)n1cccc1-c1cncc(-c2cccc(O)c2)c1. The van der Waals surface area contributed by atoms with Crippen molar-refractivity contribution in [3.63, 3.8) is 0 Å². The van der Waals surface area contributed by atoms with Gasteiger partial charge in [-0.2, -0.15) is 0 Å². The van der Waals surface area contributed by atoms with Crippen LogP contribution < -0.4 is 0 Å². The number of aromatic hydroxyl groups is 1. The summed E-state index contributed by atoms with van der Waals surface area (Å²) in [6.45, 7) is 5.49. The Kier molecular flexibility index (Phi) is 4.31. The molecule has 128 valence electrons. The standard InChI is InChI=1S/C20H20N2O3/c1-20(2,3)25-19(24)22-9-5-8-18(22)16-10-15(12-21-13-16)14-6-4-7-17(23)11-14/h4-13,23H,1-3H3. The molecule has 0 spiro atoms. The van der Waals surface area contributed by atoms with Crippen molar-refractivity contribution < 1.29 is 14.6 Å². The summed E-state index contributed by atoms with van der Waals surface area (Å²) in [6.07, 6.45) is 4.65. The first kappa shape index (κ1) is 16.8. The van der Waals surface area contributed by atoms with Crippen molar-refractivity contribution in [1.82, 2.24) is 9.55 Å². The highest BCUT2D eigenvalue weighted by molar-refractivity contribution is 5.80. The van der Waals surface area contributed by atoms with Gasteiger partial charge in [0.2, 0.25) is 0 Å². The molecule has 25 heavy (non-hydrogen) atoms. The molecule has 0 amide bonds. The molecule has 0 radical (unpaired) electrons. The summed E-state index contributed by atoms with van der Waals surface area (Å²) in [4.78, 5) is 16.7. The van der Waals surface area contributed by atoms with Crippen molar-refractivity contribution in [2.75, 3.05) is 0 Å². The molecule has 0 aliphatic rings. The lowest BCUT2D eigenvalue weighted by molar-refractivity contribution is 0.0540. The topological polar surface area (TPSA) is 64.4 Å². The maximum Gasteiger partial charge on any atom is 0.418 e. The van der Waals surface area contributed by atoms with Gasteiger partial charge in [-0.05, 0) is 56.7 Å². The number of nitrogens with zero attached hydrogens (tertiary/aromatic N) is 2. The van der Waals surface area contributed by atoms with Gasteiger partial charge in [0, 0.05) is 29.7 Å². The third-order valence-corrected chi connectivity index (χ3v) is 3.55. The maximum atomic E-state index is 12.4. The molecule has 2 aromatic heterocycles. The molecule has 3 rings (SSSR count). The second-order valence-corrected chi connectivity index (χ2v) is 6.76. The molecule has 0 unspecified atom stereocenters. The van der Waals surface area contributed by atoms with E-state index in [1.807, 2.05) is 39.0 Å². The lowest BCUT2D eigenvalue weighted by Crippen LogP contribution is -2.27. The molecular weight excluding hydrogens is 316 g/mol. The minimum absolute atomic E-state index is 0.194. The van der Waals surface area contributed by atoms with Crippen LogP contribution in [-0.4, -0.2) is 26.4 Å². The van der Waals surface area contributed by atoms with E-state index >= 15 is 0 Å². The Balaban J connectivity index is 1.98. The predicted molar refractivity (Wildman–Crippen MR) is 96.4 cm³/mol. The van der Waals surface area contributed by atoms with Gasteiger partial charge >= 0.3 is 6.09 Å². The highest BCUT2D eigenvalue weighted by Gasteiger charge is 2.20. The summed E-state index contributed by atoms with van der Waals surface area (Å²) in [5, 5.41) is 9.67. The normalized spacial score (nSPS) is 11.3.